The van der Waals surface area contributed by atoms with Crippen LogP contribution in [0.2, 0.25) is 0 Å². The van der Waals surface area contributed by atoms with Gasteiger partial charge in [0.05, 0.1) is 0 Å². The molecule has 0 spiro atoms. The summed E-state index contributed by atoms with van der Waals surface area (Å²) in [6.45, 7) is 4.60. The lowest BCUT2D eigenvalue weighted by atomic mass is 10.1. The molecule has 0 radical (unpaired) electrons. The van der Waals surface area contributed by atoms with Crippen LogP contribution in [-0.4, -0.2) is 54.0 Å². The Hall–Kier alpha value is -1.49. The van der Waals surface area contributed by atoms with E-state index in [0.29, 0.717) is 32.1 Å². The van der Waals surface area contributed by atoms with Crippen LogP contribution < -0.4 is 0 Å². The lowest BCUT2D eigenvalue weighted by molar-refractivity contribution is -0.136. The van der Waals surface area contributed by atoms with E-state index >= 15 is 0 Å². The van der Waals surface area contributed by atoms with Crippen molar-refractivity contribution in [2.24, 2.45) is 5.92 Å². The summed E-state index contributed by atoms with van der Waals surface area (Å²) in [6.07, 6.45) is 6.46. The van der Waals surface area contributed by atoms with Crippen LogP contribution in [0.5, 0.6) is 0 Å². The fraction of sp³-hybridized carbons (Fsp3) is 0.579. The van der Waals surface area contributed by atoms with E-state index in [-0.39, 0.29) is 11.8 Å². The minimum Gasteiger partial charge on any atom is -0.339 e. The number of hydrogen-bond donors (Lipinski definition) is 0. The molecule has 2 fully saturated rings. The minimum atomic E-state index is 0.0939. The van der Waals surface area contributed by atoms with E-state index in [0.717, 1.165) is 28.9 Å². The van der Waals surface area contributed by atoms with E-state index in [2.05, 4.69) is 6.07 Å². The number of piperazine rings is 1. The van der Waals surface area contributed by atoms with Crippen LogP contribution >= 0.6 is 11.8 Å². The lowest BCUT2D eigenvalue weighted by Gasteiger charge is -2.36. The number of thioether (sulfide) groups is 1. The highest BCUT2D eigenvalue weighted by Crippen LogP contribution is 2.27. The molecule has 0 bridgehead atoms. The third kappa shape index (κ3) is 3.61. The molecule has 0 atom stereocenters. The molecule has 5 heteroatoms. The fourth-order valence-electron chi connectivity index (χ4n) is 3.69. The Bertz CT molecular complexity index is 618. The predicted octanol–water partition coefficient (Wildman–Crippen LogP) is 3.19. The summed E-state index contributed by atoms with van der Waals surface area (Å²) in [5.74, 6) is 0.629. The van der Waals surface area contributed by atoms with Crippen molar-refractivity contribution in [1.82, 2.24) is 9.80 Å². The Morgan fingerprint density at radius 3 is 2.29 bits per heavy atom. The molecular formula is C19H26N2O2S. The number of aryl methyl sites for hydroxylation is 1. The average molecular weight is 346 g/mol. The highest BCUT2D eigenvalue weighted by molar-refractivity contribution is 7.98. The van der Waals surface area contributed by atoms with Gasteiger partial charge in [0.15, 0.2) is 0 Å². The number of benzene rings is 1. The maximum atomic E-state index is 12.8. The van der Waals surface area contributed by atoms with Gasteiger partial charge in [0.2, 0.25) is 5.91 Å². The van der Waals surface area contributed by atoms with Gasteiger partial charge in [-0.05, 0) is 43.7 Å². The van der Waals surface area contributed by atoms with Crippen LogP contribution in [0.4, 0.5) is 0 Å². The molecule has 1 aromatic carbocycles. The molecule has 130 valence electrons. The van der Waals surface area contributed by atoms with Crippen molar-refractivity contribution in [3.05, 3.63) is 29.3 Å². The number of amides is 2. The fourth-order valence-corrected chi connectivity index (χ4v) is 4.13. The van der Waals surface area contributed by atoms with E-state index in [9.17, 15) is 9.59 Å². The van der Waals surface area contributed by atoms with E-state index in [1.165, 1.54) is 12.8 Å². The van der Waals surface area contributed by atoms with E-state index in [1.807, 2.05) is 35.1 Å². The Morgan fingerprint density at radius 2 is 1.67 bits per heavy atom. The molecule has 1 aliphatic carbocycles. The second kappa shape index (κ2) is 7.60. The quantitative estimate of drug-likeness (QED) is 0.789. The zero-order chi connectivity index (χ0) is 17.1. The minimum absolute atomic E-state index is 0.0939. The third-order valence-corrected chi connectivity index (χ3v) is 5.98. The molecule has 0 unspecified atom stereocenters. The Labute approximate surface area is 148 Å². The van der Waals surface area contributed by atoms with Crippen LogP contribution in [0.3, 0.4) is 0 Å². The first-order chi connectivity index (χ1) is 11.6. The summed E-state index contributed by atoms with van der Waals surface area (Å²) in [7, 11) is 0. The van der Waals surface area contributed by atoms with Crippen molar-refractivity contribution >= 4 is 23.6 Å². The third-order valence-electron chi connectivity index (χ3n) is 5.26. The van der Waals surface area contributed by atoms with Gasteiger partial charge in [-0.2, -0.15) is 0 Å². The second-order valence-electron chi connectivity index (χ2n) is 6.78. The van der Waals surface area contributed by atoms with Gasteiger partial charge in [-0.15, -0.1) is 11.8 Å². The number of rotatable bonds is 3. The van der Waals surface area contributed by atoms with E-state index in [4.69, 9.17) is 0 Å². The largest absolute Gasteiger partial charge is 0.339 e. The molecule has 2 amide bonds. The zero-order valence-electron chi connectivity index (χ0n) is 14.6. The number of carbonyl (C=O) groups excluding carboxylic acids is 2. The Balaban J connectivity index is 1.62. The summed E-state index contributed by atoms with van der Waals surface area (Å²) in [6, 6.07) is 6.05. The van der Waals surface area contributed by atoms with Crippen LogP contribution in [-0.2, 0) is 4.79 Å². The summed E-state index contributed by atoms with van der Waals surface area (Å²) in [5, 5.41) is 0. The van der Waals surface area contributed by atoms with Crippen molar-refractivity contribution < 1.29 is 9.59 Å². The maximum Gasteiger partial charge on any atom is 0.254 e. The van der Waals surface area contributed by atoms with Gasteiger partial charge in [-0.25, -0.2) is 0 Å². The van der Waals surface area contributed by atoms with Crippen molar-refractivity contribution in [2.45, 2.75) is 37.5 Å². The van der Waals surface area contributed by atoms with Crippen molar-refractivity contribution in [2.75, 3.05) is 32.4 Å². The molecule has 2 aliphatic rings. The van der Waals surface area contributed by atoms with Gasteiger partial charge in [0, 0.05) is 42.6 Å². The predicted molar refractivity (Wildman–Crippen MR) is 97.4 cm³/mol. The van der Waals surface area contributed by atoms with Crippen LogP contribution in [0.25, 0.3) is 0 Å². The standard InChI is InChI=1S/C19H26N2O2S/c1-14-7-8-16(24-2)13-17(14)19(23)21-11-9-20(10-12-21)18(22)15-5-3-4-6-15/h7-8,13,15H,3-6,9-12H2,1-2H3. The number of carbonyl (C=O) groups is 2. The van der Waals surface area contributed by atoms with Crippen molar-refractivity contribution in [1.29, 1.82) is 0 Å². The normalized spacial score (nSPS) is 18.9. The highest BCUT2D eigenvalue weighted by atomic mass is 32.2. The molecule has 24 heavy (non-hydrogen) atoms. The molecule has 4 nitrogen and oxygen atoms in total. The molecule has 0 N–H and O–H groups in total. The van der Waals surface area contributed by atoms with E-state index < -0.39 is 0 Å². The van der Waals surface area contributed by atoms with Crippen LogP contribution in [0, 0.1) is 12.8 Å². The monoisotopic (exact) mass is 346 g/mol. The summed E-state index contributed by atoms with van der Waals surface area (Å²) in [5.41, 5.74) is 1.81. The van der Waals surface area contributed by atoms with Crippen LogP contribution in [0.1, 0.15) is 41.6 Å². The summed E-state index contributed by atoms with van der Waals surface area (Å²) >= 11 is 1.65. The van der Waals surface area contributed by atoms with Gasteiger partial charge in [-0.1, -0.05) is 18.9 Å². The Kier molecular flexibility index (Phi) is 5.49. The highest BCUT2D eigenvalue weighted by Gasteiger charge is 2.30. The molecule has 1 saturated heterocycles. The van der Waals surface area contributed by atoms with Gasteiger partial charge in [0.1, 0.15) is 0 Å². The molecule has 0 aromatic heterocycles. The van der Waals surface area contributed by atoms with Gasteiger partial charge in [0.25, 0.3) is 5.91 Å². The smallest absolute Gasteiger partial charge is 0.254 e. The van der Waals surface area contributed by atoms with Gasteiger partial charge < -0.3 is 9.80 Å². The average Bonchev–Trinajstić information content (AvgIpc) is 3.16. The Morgan fingerprint density at radius 1 is 1.04 bits per heavy atom. The van der Waals surface area contributed by atoms with Gasteiger partial charge in [-0.3, -0.25) is 9.59 Å². The van der Waals surface area contributed by atoms with Crippen LogP contribution in [0.15, 0.2) is 23.1 Å². The molecule has 1 saturated carbocycles. The molecular weight excluding hydrogens is 320 g/mol. The van der Waals surface area contributed by atoms with E-state index in [1.54, 1.807) is 11.8 Å². The molecule has 1 aliphatic heterocycles. The molecule has 3 rings (SSSR count). The summed E-state index contributed by atoms with van der Waals surface area (Å²) < 4.78 is 0. The number of nitrogens with zero attached hydrogens (tertiary/aromatic N) is 2. The molecule has 1 heterocycles. The summed E-state index contributed by atoms with van der Waals surface area (Å²) in [4.78, 5) is 30.3. The zero-order valence-corrected chi connectivity index (χ0v) is 15.4. The SMILES string of the molecule is CSc1ccc(C)c(C(=O)N2CCN(C(=O)C3CCCC3)CC2)c1. The first kappa shape index (κ1) is 17.3. The maximum absolute atomic E-state index is 12.8. The number of hydrogen-bond acceptors (Lipinski definition) is 3. The first-order valence-electron chi connectivity index (χ1n) is 8.83. The first-order valence-corrected chi connectivity index (χ1v) is 10.1. The second-order valence-corrected chi connectivity index (χ2v) is 7.66. The van der Waals surface area contributed by atoms with Crippen molar-refractivity contribution in [3.63, 3.8) is 0 Å². The van der Waals surface area contributed by atoms with Gasteiger partial charge >= 0.3 is 0 Å². The molecule has 1 aromatic rings. The lowest BCUT2D eigenvalue weighted by Crippen LogP contribution is -2.51. The van der Waals surface area contributed by atoms with Crippen molar-refractivity contribution in [3.8, 4) is 0 Å². The topological polar surface area (TPSA) is 40.6 Å².